The molecule has 12 heavy (non-hydrogen) atoms. The highest BCUT2D eigenvalue weighted by atomic mass is 14.8. The molecule has 0 heterocycles. The molecule has 70 valence electrons. The number of fused-ring (bicyclic) bond motifs is 1. The third-order valence-electron chi connectivity index (χ3n) is 3.83. The van der Waals surface area contributed by atoms with Crippen LogP contribution < -0.4 is 11.5 Å². The summed E-state index contributed by atoms with van der Waals surface area (Å²) < 4.78 is 0. The molecule has 2 saturated carbocycles. The van der Waals surface area contributed by atoms with Gasteiger partial charge in [-0.05, 0) is 31.1 Å². The molecule has 0 saturated heterocycles. The Bertz CT molecular complexity index is 156. The minimum Gasteiger partial charge on any atom is -0.326 e. The fraction of sp³-hybridized carbons (Fsp3) is 1.00. The number of nitrogens with two attached hydrogens (primary N) is 2. The van der Waals surface area contributed by atoms with Gasteiger partial charge in [-0.1, -0.05) is 19.3 Å². The maximum absolute atomic E-state index is 6.11. The smallest absolute Gasteiger partial charge is 0.0223 e. The zero-order valence-electron chi connectivity index (χ0n) is 7.71. The first-order valence-corrected chi connectivity index (χ1v) is 5.30. The van der Waals surface area contributed by atoms with Crippen molar-refractivity contribution in [1.82, 2.24) is 0 Å². The van der Waals surface area contributed by atoms with Crippen LogP contribution in [-0.4, -0.2) is 12.1 Å². The molecule has 0 aliphatic heterocycles. The number of hydrogen-bond acceptors (Lipinski definition) is 2. The average Bonchev–Trinajstić information content (AvgIpc) is 2.12. The third-order valence-corrected chi connectivity index (χ3v) is 3.83. The van der Waals surface area contributed by atoms with Gasteiger partial charge in [0.2, 0.25) is 0 Å². The molecule has 0 aromatic rings. The van der Waals surface area contributed by atoms with Crippen LogP contribution in [0.1, 0.15) is 38.5 Å². The molecule has 2 nitrogen and oxygen atoms in total. The van der Waals surface area contributed by atoms with Gasteiger partial charge in [0, 0.05) is 12.1 Å². The zero-order chi connectivity index (χ0) is 8.55. The van der Waals surface area contributed by atoms with Crippen molar-refractivity contribution in [2.24, 2.45) is 23.3 Å². The van der Waals surface area contributed by atoms with Crippen LogP contribution in [0.5, 0.6) is 0 Å². The van der Waals surface area contributed by atoms with Gasteiger partial charge in [0.15, 0.2) is 0 Å². The van der Waals surface area contributed by atoms with Crippen molar-refractivity contribution < 1.29 is 0 Å². The van der Waals surface area contributed by atoms with Gasteiger partial charge >= 0.3 is 0 Å². The van der Waals surface area contributed by atoms with Gasteiger partial charge in [0.05, 0.1) is 0 Å². The second-order valence-electron chi connectivity index (χ2n) is 4.53. The fourth-order valence-electron chi connectivity index (χ4n) is 3.02. The average molecular weight is 168 g/mol. The maximum Gasteiger partial charge on any atom is 0.0223 e. The van der Waals surface area contributed by atoms with Crippen molar-refractivity contribution in [2.45, 2.75) is 50.6 Å². The summed E-state index contributed by atoms with van der Waals surface area (Å²) in [5.41, 5.74) is 12.1. The molecule has 2 fully saturated rings. The van der Waals surface area contributed by atoms with Gasteiger partial charge in [-0.15, -0.1) is 0 Å². The molecule has 4 unspecified atom stereocenters. The van der Waals surface area contributed by atoms with Crippen LogP contribution in [-0.2, 0) is 0 Å². The molecule has 0 aromatic heterocycles. The van der Waals surface area contributed by atoms with E-state index in [-0.39, 0.29) is 6.04 Å². The van der Waals surface area contributed by atoms with Gasteiger partial charge in [0.1, 0.15) is 0 Å². The van der Waals surface area contributed by atoms with Crippen LogP contribution in [0.25, 0.3) is 0 Å². The topological polar surface area (TPSA) is 52.0 Å². The molecule has 0 spiro atoms. The minimum absolute atomic E-state index is 0.282. The summed E-state index contributed by atoms with van der Waals surface area (Å²) in [5, 5.41) is 0. The standard InChI is InChI=1S/C10H20N2/c11-9-6-5-7-3-1-2-4-8(7)10(9)12/h7-10H,1-6,11-12H2. The van der Waals surface area contributed by atoms with Crippen molar-refractivity contribution in [2.75, 3.05) is 0 Å². The van der Waals surface area contributed by atoms with Crippen LogP contribution >= 0.6 is 0 Å². The Kier molecular flexibility index (Phi) is 2.37. The van der Waals surface area contributed by atoms with Gasteiger partial charge in [0.25, 0.3) is 0 Å². The molecule has 0 radical (unpaired) electrons. The monoisotopic (exact) mass is 168 g/mol. The Hall–Kier alpha value is -0.0800. The van der Waals surface area contributed by atoms with E-state index >= 15 is 0 Å². The summed E-state index contributed by atoms with van der Waals surface area (Å²) in [6.45, 7) is 0. The summed E-state index contributed by atoms with van der Waals surface area (Å²) in [4.78, 5) is 0. The van der Waals surface area contributed by atoms with Gasteiger partial charge in [-0.2, -0.15) is 0 Å². The first-order valence-electron chi connectivity index (χ1n) is 5.30. The van der Waals surface area contributed by atoms with Crippen LogP contribution in [0.2, 0.25) is 0 Å². The highest BCUT2D eigenvalue weighted by Gasteiger charge is 2.36. The quantitative estimate of drug-likeness (QED) is 0.572. The largest absolute Gasteiger partial charge is 0.326 e. The fourth-order valence-corrected chi connectivity index (χ4v) is 3.02. The molecule has 0 amide bonds. The zero-order valence-corrected chi connectivity index (χ0v) is 7.71. The van der Waals surface area contributed by atoms with Crippen LogP contribution in [0, 0.1) is 11.8 Å². The first-order chi connectivity index (χ1) is 5.79. The summed E-state index contributed by atoms with van der Waals surface area (Å²) in [7, 11) is 0. The first kappa shape index (κ1) is 8.52. The Labute approximate surface area is 74.7 Å². The van der Waals surface area contributed by atoms with Crippen molar-refractivity contribution >= 4 is 0 Å². The van der Waals surface area contributed by atoms with Gasteiger partial charge in [-0.3, -0.25) is 0 Å². The van der Waals surface area contributed by atoms with Crippen molar-refractivity contribution in [3.8, 4) is 0 Å². The number of rotatable bonds is 0. The second-order valence-corrected chi connectivity index (χ2v) is 4.53. The van der Waals surface area contributed by atoms with E-state index in [1.54, 1.807) is 0 Å². The van der Waals surface area contributed by atoms with Crippen molar-refractivity contribution in [3.63, 3.8) is 0 Å². The van der Waals surface area contributed by atoms with E-state index in [0.29, 0.717) is 6.04 Å². The molecule has 4 atom stereocenters. The number of hydrogen-bond donors (Lipinski definition) is 2. The lowest BCUT2D eigenvalue weighted by molar-refractivity contribution is 0.131. The maximum atomic E-state index is 6.11. The molecule has 4 N–H and O–H groups in total. The lowest BCUT2D eigenvalue weighted by Gasteiger charge is -2.42. The Balaban J connectivity index is 2.03. The molecular weight excluding hydrogens is 148 g/mol. The van der Waals surface area contributed by atoms with Gasteiger partial charge < -0.3 is 11.5 Å². The molecular formula is C10H20N2. The lowest BCUT2D eigenvalue weighted by atomic mass is 9.67. The third kappa shape index (κ3) is 1.38. The predicted octanol–water partition coefficient (Wildman–Crippen LogP) is 1.24. The Morgan fingerprint density at radius 3 is 2.42 bits per heavy atom. The summed E-state index contributed by atoms with van der Waals surface area (Å²) in [6, 6.07) is 0.577. The van der Waals surface area contributed by atoms with E-state index in [9.17, 15) is 0 Å². The normalized spacial score (nSPS) is 48.5. The second kappa shape index (κ2) is 3.35. The van der Waals surface area contributed by atoms with Crippen molar-refractivity contribution in [1.29, 1.82) is 0 Å². The SMILES string of the molecule is NC1CCC2CCCCC2C1N. The summed E-state index contributed by atoms with van der Waals surface area (Å²) in [6.07, 6.45) is 8.02. The van der Waals surface area contributed by atoms with Crippen molar-refractivity contribution in [3.05, 3.63) is 0 Å². The Morgan fingerprint density at radius 1 is 0.833 bits per heavy atom. The van der Waals surface area contributed by atoms with E-state index in [1.165, 1.54) is 32.1 Å². The van der Waals surface area contributed by atoms with Crippen LogP contribution in [0.3, 0.4) is 0 Å². The summed E-state index contributed by atoms with van der Waals surface area (Å²) >= 11 is 0. The highest BCUT2D eigenvalue weighted by molar-refractivity contribution is 4.93. The molecule has 0 aromatic carbocycles. The van der Waals surface area contributed by atoms with Crippen LogP contribution in [0.15, 0.2) is 0 Å². The van der Waals surface area contributed by atoms with E-state index in [4.69, 9.17) is 11.5 Å². The van der Waals surface area contributed by atoms with E-state index < -0.39 is 0 Å². The van der Waals surface area contributed by atoms with Crippen LogP contribution in [0.4, 0.5) is 0 Å². The van der Waals surface area contributed by atoms with E-state index in [1.807, 2.05) is 0 Å². The Morgan fingerprint density at radius 2 is 1.58 bits per heavy atom. The molecule has 2 rings (SSSR count). The molecule has 2 aliphatic carbocycles. The predicted molar refractivity (Wildman–Crippen MR) is 50.6 cm³/mol. The minimum atomic E-state index is 0.282. The molecule has 2 aliphatic rings. The lowest BCUT2D eigenvalue weighted by Crippen LogP contribution is -2.53. The van der Waals surface area contributed by atoms with Gasteiger partial charge in [-0.25, -0.2) is 0 Å². The van der Waals surface area contributed by atoms with E-state index in [0.717, 1.165) is 18.3 Å². The highest BCUT2D eigenvalue weighted by Crippen LogP contribution is 2.39. The molecule has 2 heteroatoms. The summed E-state index contributed by atoms with van der Waals surface area (Å²) in [5.74, 6) is 1.66. The molecule has 0 bridgehead atoms. The van der Waals surface area contributed by atoms with E-state index in [2.05, 4.69) is 0 Å².